The van der Waals surface area contributed by atoms with Gasteiger partial charge in [-0.1, -0.05) is 5.16 Å². The van der Waals surface area contributed by atoms with E-state index in [1.807, 2.05) is 31.5 Å². The number of rotatable bonds is 3. The van der Waals surface area contributed by atoms with Crippen LogP contribution in [-0.2, 0) is 0 Å². The van der Waals surface area contributed by atoms with Crippen LogP contribution in [-0.4, -0.2) is 19.9 Å². The molecule has 3 heterocycles. The third kappa shape index (κ3) is 2.29. The van der Waals surface area contributed by atoms with Crippen molar-refractivity contribution in [2.75, 3.05) is 0 Å². The van der Waals surface area contributed by atoms with Crippen molar-refractivity contribution in [3.63, 3.8) is 0 Å². The number of halogens is 1. The molecule has 0 aromatic carbocycles. The van der Waals surface area contributed by atoms with Gasteiger partial charge in [0, 0.05) is 5.69 Å². The van der Waals surface area contributed by atoms with Crippen LogP contribution in [0.5, 0.6) is 0 Å². The van der Waals surface area contributed by atoms with Crippen LogP contribution in [0.2, 0.25) is 0 Å². The Balaban J connectivity index is 1.92. The molecule has 0 saturated carbocycles. The smallest absolute Gasteiger partial charge is 0.251 e. The molecule has 7 heteroatoms. The fourth-order valence-electron chi connectivity index (χ4n) is 2.08. The molecule has 0 spiro atoms. The van der Waals surface area contributed by atoms with Crippen LogP contribution >= 0.6 is 15.9 Å². The van der Waals surface area contributed by atoms with Crippen LogP contribution in [0.15, 0.2) is 31.8 Å². The second-order valence-corrected chi connectivity index (χ2v) is 5.39. The maximum absolute atomic E-state index is 5.41. The molecule has 104 valence electrons. The molecule has 0 aliphatic heterocycles. The maximum atomic E-state index is 5.41. The van der Waals surface area contributed by atoms with Crippen molar-refractivity contribution in [1.82, 2.24) is 19.9 Å². The molecule has 6 nitrogen and oxygen atoms in total. The van der Waals surface area contributed by atoms with E-state index < -0.39 is 0 Å². The highest BCUT2D eigenvalue weighted by molar-refractivity contribution is 9.10. The van der Waals surface area contributed by atoms with Gasteiger partial charge in [-0.05, 0) is 54.9 Å². The summed E-state index contributed by atoms with van der Waals surface area (Å²) < 4.78 is 13.2. The molecule has 0 N–H and O–H groups in total. The molecular weight excluding hydrogens is 324 g/mol. The summed E-state index contributed by atoms with van der Waals surface area (Å²) in [7, 11) is 0. The molecular formula is C13H13BrN4O2. The van der Waals surface area contributed by atoms with Crippen LogP contribution in [0.3, 0.4) is 0 Å². The number of hydrogen-bond donors (Lipinski definition) is 0. The predicted octanol–water partition coefficient (Wildman–Crippen LogP) is 3.51. The molecule has 3 rings (SSSR count). The SMILES string of the molecule is Cc1cc(C)n(C(C)c2nc(-c3ccc(Br)o3)no2)n1. The van der Waals surface area contributed by atoms with Crippen molar-refractivity contribution in [3.05, 3.63) is 40.1 Å². The summed E-state index contributed by atoms with van der Waals surface area (Å²) in [6.07, 6.45) is 0. The van der Waals surface area contributed by atoms with E-state index in [-0.39, 0.29) is 6.04 Å². The molecule has 0 fully saturated rings. The van der Waals surface area contributed by atoms with E-state index in [9.17, 15) is 0 Å². The van der Waals surface area contributed by atoms with Gasteiger partial charge in [0.25, 0.3) is 5.89 Å². The normalized spacial score (nSPS) is 12.8. The van der Waals surface area contributed by atoms with Gasteiger partial charge in [-0.15, -0.1) is 0 Å². The minimum Gasteiger partial charge on any atom is -0.446 e. The lowest BCUT2D eigenvalue weighted by Gasteiger charge is -2.08. The molecule has 3 aromatic heterocycles. The number of nitrogens with zero attached hydrogens (tertiary/aromatic N) is 4. The third-order valence-electron chi connectivity index (χ3n) is 3.00. The van der Waals surface area contributed by atoms with Gasteiger partial charge in [-0.2, -0.15) is 10.1 Å². The van der Waals surface area contributed by atoms with Gasteiger partial charge in [0.05, 0.1) is 5.69 Å². The zero-order chi connectivity index (χ0) is 14.3. The van der Waals surface area contributed by atoms with Crippen LogP contribution in [0.1, 0.15) is 30.2 Å². The van der Waals surface area contributed by atoms with Crippen molar-refractivity contribution < 1.29 is 8.94 Å². The van der Waals surface area contributed by atoms with E-state index in [4.69, 9.17) is 8.94 Å². The van der Waals surface area contributed by atoms with Gasteiger partial charge in [0.1, 0.15) is 6.04 Å². The first-order chi connectivity index (χ1) is 9.54. The first kappa shape index (κ1) is 13.1. The van der Waals surface area contributed by atoms with E-state index in [0.29, 0.717) is 22.1 Å². The Labute approximate surface area is 123 Å². The second-order valence-electron chi connectivity index (χ2n) is 4.61. The van der Waals surface area contributed by atoms with Crippen LogP contribution in [0, 0.1) is 13.8 Å². The third-order valence-corrected chi connectivity index (χ3v) is 3.43. The lowest BCUT2D eigenvalue weighted by molar-refractivity contribution is 0.333. The first-order valence-corrected chi connectivity index (χ1v) is 6.96. The summed E-state index contributed by atoms with van der Waals surface area (Å²) in [6.45, 7) is 5.92. The lowest BCUT2D eigenvalue weighted by Crippen LogP contribution is -2.10. The fraction of sp³-hybridized carbons (Fsp3) is 0.308. The molecule has 0 amide bonds. The Morgan fingerprint density at radius 3 is 2.70 bits per heavy atom. The van der Waals surface area contributed by atoms with Gasteiger partial charge in [-0.3, -0.25) is 4.68 Å². The highest BCUT2D eigenvalue weighted by Gasteiger charge is 2.20. The average molecular weight is 337 g/mol. The van der Waals surface area contributed by atoms with Gasteiger partial charge in [0.15, 0.2) is 10.4 Å². The van der Waals surface area contributed by atoms with E-state index in [0.717, 1.165) is 11.4 Å². The van der Waals surface area contributed by atoms with Gasteiger partial charge >= 0.3 is 0 Å². The minimum absolute atomic E-state index is 0.122. The lowest BCUT2D eigenvalue weighted by atomic mass is 10.3. The molecule has 0 aliphatic carbocycles. The highest BCUT2D eigenvalue weighted by atomic mass is 79.9. The summed E-state index contributed by atoms with van der Waals surface area (Å²) >= 11 is 3.25. The van der Waals surface area contributed by atoms with Crippen LogP contribution in [0.25, 0.3) is 11.6 Å². The Morgan fingerprint density at radius 2 is 2.10 bits per heavy atom. The predicted molar refractivity (Wildman–Crippen MR) is 75.2 cm³/mol. The van der Waals surface area contributed by atoms with Crippen LogP contribution < -0.4 is 0 Å². The Morgan fingerprint density at radius 1 is 1.30 bits per heavy atom. The summed E-state index contributed by atoms with van der Waals surface area (Å²) in [5.74, 6) is 1.49. The summed E-state index contributed by atoms with van der Waals surface area (Å²) in [5.41, 5.74) is 2.01. The summed E-state index contributed by atoms with van der Waals surface area (Å²) in [5, 5.41) is 8.37. The molecule has 0 saturated heterocycles. The highest BCUT2D eigenvalue weighted by Crippen LogP contribution is 2.25. The Bertz CT molecular complexity index is 743. The number of hydrogen-bond acceptors (Lipinski definition) is 5. The molecule has 1 atom stereocenters. The zero-order valence-electron chi connectivity index (χ0n) is 11.3. The average Bonchev–Trinajstić information content (AvgIpc) is 3.08. The van der Waals surface area contributed by atoms with E-state index in [1.165, 1.54) is 0 Å². The Kier molecular flexibility index (Phi) is 3.21. The topological polar surface area (TPSA) is 69.9 Å². The van der Waals surface area contributed by atoms with Crippen LogP contribution in [0.4, 0.5) is 0 Å². The standard InChI is InChI=1S/C13H13BrN4O2/c1-7-6-8(2)18(16-7)9(3)13-15-12(17-20-13)10-4-5-11(14)19-10/h4-6,9H,1-3H3. The minimum atomic E-state index is -0.122. The van der Waals surface area contributed by atoms with Crippen molar-refractivity contribution in [2.45, 2.75) is 26.8 Å². The van der Waals surface area contributed by atoms with E-state index >= 15 is 0 Å². The summed E-state index contributed by atoms with van der Waals surface area (Å²) in [6, 6.07) is 5.46. The molecule has 0 radical (unpaired) electrons. The van der Waals surface area contributed by atoms with E-state index in [1.54, 1.807) is 12.1 Å². The molecule has 0 bridgehead atoms. The zero-order valence-corrected chi connectivity index (χ0v) is 12.9. The second kappa shape index (κ2) is 4.90. The molecule has 1 unspecified atom stereocenters. The van der Waals surface area contributed by atoms with Crippen molar-refractivity contribution >= 4 is 15.9 Å². The van der Waals surface area contributed by atoms with Gasteiger partial charge in [0.2, 0.25) is 5.82 Å². The van der Waals surface area contributed by atoms with Crippen molar-refractivity contribution in [2.24, 2.45) is 0 Å². The van der Waals surface area contributed by atoms with Gasteiger partial charge < -0.3 is 8.94 Å². The molecule has 3 aromatic rings. The van der Waals surface area contributed by atoms with Crippen molar-refractivity contribution in [1.29, 1.82) is 0 Å². The monoisotopic (exact) mass is 336 g/mol. The largest absolute Gasteiger partial charge is 0.446 e. The molecule has 20 heavy (non-hydrogen) atoms. The van der Waals surface area contributed by atoms with Gasteiger partial charge in [-0.25, -0.2) is 0 Å². The number of furan rings is 1. The first-order valence-electron chi connectivity index (χ1n) is 6.16. The molecule has 0 aliphatic rings. The van der Waals surface area contributed by atoms with E-state index in [2.05, 4.69) is 31.2 Å². The quantitative estimate of drug-likeness (QED) is 0.731. The maximum Gasteiger partial charge on any atom is 0.251 e. The summed E-state index contributed by atoms with van der Waals surface area (Å²) in [4.78, 5) is 4.37. The number of aryl methyl sites for hydroxylation is 2. The van der Waals surface area contributed by atoms with Crippen molar-refractivity contribution in [3.8, 4) is 11.6 Å². The fourth-order valence-corrected chi connectivity index (χ4v) is 2.39. The number of aromatic nitrogens is 4. The Hall–Kier alpha value is -1.89.